The maximum Gasteiger partial charge on any atom is 0.260 e. The van der Waals surface area contributed by atoms with Gasteiger partial charge in [-0.05, 0) is 30.7 Å². The average Bonchev–Trinajstić information content (AvgIpc) is 3.10. The van der Waals surface area contributed by atoms with Gasteiger partial charge in [-0.3, -0.25) is 9.69 Å². The van der Waals surface area contributed by atoms with Crippen molar-refractivity contribution in [3.8, 4) is 11.5 Å². The first-order valence-corrected chi connectivity index (χ1v) is 8.93. The molecule has 6 heteroatoms. The number of aryl methyl sites for hydroxylation is 1. The van der Waals surface area contributed by atoms with Gasteiger partial charge in [-0.1, -0.05) is 30.0 Å². The number of nitrogens with zero attached hydrogens (tertiary/aromatic N) is 2. The minimum absolute atomic E-state index is 0.102. The minimum atomic E-state index is -0.102. The van der Waals surface area contributed by atoms with Gasteiger partial charge in [0.15, 0.2) is 5.17 Å². The number of methoxy groups -OCH3 is 2. The first kappa shape index (κ1) is 17.4. The van der Waals surface area contributed by atoms with Gasteiger partial charge >= 0.3 is 0 Å². The Kier molecular flexibility index (Phi) is 5.28. The number of benzene rings is 2. The van der Waals surface area contributed by atoms with Gasteiger partial charge in [-0.2, -0.15) is 0 Å². The van der Waals surface area contributed by atoms with Crippen LogP contribution in [0.4, 0.5) is 5.69 Å². The molecule has 0 bridgehead atoms. The summed E-state index contributed by atoms with van der Waals surface area (Å²) < 4.78 is 10.5. The predicted octanol–water partition coefficient (Wildman–Crippen LogP) is 3.89. The fourth-order valence-electron chi connectivity index (χ4n) is 2.56. The Morgan fingerprint density at radius 2 is 1.80 bits per heavy atom. The second-order valence-electron chi connectivity index (χ2n) is 5.59. The molecule has 0 unspecified atom stereocenters. The average molecular weight is 356 g/mol. The summed E-state index contributed by atoms with van der Waals surface area (Å²) in [7, 11) is 3.14. The SMILES string of the molecule is COc1cc(OC)cc(C(=O)N2CCSC2=Nc2ccccc2C)c1. The third-order valence-corrected chi connectivity index (χ3v) is 4.91. The summed E-state index contributed by atoms with van der Waals surface area (Å²) in [5.74, 6) is 1.91. The van der Waals surface area contributed by atoms with Crippen LogP contribution in [0.25, 0.3) is 0 Å². The Labute approximate surface area is 151 Å². The quantitative estimate of drug-likeness (QED) is 0.834. The second kappa shape index (κ2) is 7.61. The zero-order chi connectivity index (χ0) is 17.8. The molecule has 0 aliphatic carbocycles. The molecule has 2 aromatic carbocycles. The molecule has 1 amide bonds. The first-order chi connectivity index (χ1) is 12.1. The molecule has 1 fully saturated rings. The molecule has 0 spiro atoms. The van der Waals surface area contributed by atoms with E-state index in [4.69, 9.17) is 14.5 Å². The van der Waals surface area contributed by atoms with Crippen LogP contribution < -0.4 is 9.47 Å². The summed E-state index contributed by atoms with van der Waals surface area (Å²) in [6.45, 7) is 2.64. The summed E-state index contributed by atoms with van der Waals surface area (Å²) in [6.07, 6.45) is 0. The summed E-state index contributed by atoms with van der Waals surface area (Å²) in [5.41, 5.74) is 2.49. The van der Waals surface area contributed by atoms with Gasteiger partial charge in [0.05, 0.1) is 19.9 Å². The Balaban J connectivity index is 1.92. The number of hydrogen-bond donors (Lipinski definition) is 0. The normalized spacial score (nSPS) is 15.5. The molecule has 1 aliphatic heterocycles. The standard InChI is InChI=1S/C19H20N2O3S/c1-13-6-4-5-7-17(13)20-19-21(8-9-25-19)18(22)14-10-15(23-2)12-16(11-14)24-3/h4-7,10-12H,8-9H2,1-3H3. The fourth-order valence-corrected chi connectivity index (χ4v) is 3.51. The van der Waals surface area contributed by atoms with Crippen molar-refractivity contribution in [2.24, 2.45) is 4.99 Å². The van der Waals surface area contributed by atoms with Crippen molar-refractivity contribution in [3.05, 3.63) is 53.6 Å². The number of aliphatic imine (C=N–C) groups is 1. The van der Waals surface area contributed by atoms with Crippen molar-refractivity contribution < 1.29 is 14.3 Å². The molecule has 1 aliphatic rings. The van der Waals surface area contributed by atoms with E-state index in [0.717, 1.165) is 22.2 Å². The first-order valence-electron chi connectivity index (χ1n) is 7.94. The highest BCUT2D eigenvalue weighted by molar-refractivity contribution is 8.14. The number of carbonyl (C=O) groups is 1. The minimum Gasteiger partial charge on any atom is -0.497 e. The highest BCUT2D eigenvalue weighted by Crippen LogP contribution is 2.28. The van der Waals surface area contributed by atoms with E-state index in [1.54, 1.807) is 49.1 Å². The van der Waals surface area contributed by atoms with E-state index in [1.807, 2.05) is 31.2 Å². The van der Waals surface area contributed by atoms with E-state index < -0.39 is 0 Å². The maximum atomic E-state index is 13.0. The maximum absolute atomic E-state index is 13.0. The smallest absolute Gasteiger partial charge is 0.260 e. The van der Waals surface area contributed by atoms with Crippen molar-refractivity contribution in [2.75, 3.05) is 26.5 Å². The molecule has 0 N–H and O–H groups in total. The van der Waals surface area contributed by atoms with Crippen LogP contribution >= 0.6 is 11.8 Å². The van der Waals surface area contributed by atoms with Crippen LogP contribution in [0.5, 0.6) is 11.5 Å². The highest BCUT2D eigenvalue weighted by atomic mass is 32.2. The van der Waals surface area contributed by atoms with E-state index in [9.17, 15) is 4.79 Å². The van der Waals surface area contributed by atoms with Gasteiger partial charge in [0.25, 0.3) is 5.91 Å². The van der Waals surface area contributed by atoms with E-state index in [1.165, 1.54) is 0 Å². The fraction of sp³-hybridized carbons (Fsp3) is 0.263. The van der Waals surface area contributed by atoms with Crippen molar-refractivity contribution in [1.82, 2.24) is 4.90 Å². The number of amidine groups is 1. The summed E-state index contributed by atoms with van der Waals surface area (Å²) in [4.78, 5) is 19.4. The van der Waals surface area contributed by atoms with Gasteiger partial charge in [0.1, 0.15) is 11.5 Å². The number of amides is 1. The molecular weight excluding hydrogens is 336 g/mol. The van der Waals surface area contributed by atoms with Crippen molar-refractivity contribution in [2.45, 2.75) is 6.92 Å². The van der Waals surface area contributed by atoms with E-state index >= 15 is 0 Å². The van der Waals surface area contributed by atoms with Crippen molar-refractivity contribution in [1.29, 1.82) is 0 Å². The van der Waals surface area contributed by atoms with Gasteiger partial charge in [0.2, 0.25) is 0 Å². The molecule has 3 rings (SSSR count). The topological polar surface area (TPSA) is 51.1 Å². The third kappa shape index (κ3) is 3.79. The van der Waals surface area contributed by atoms with Crippen LogP contribution in [0.3, 0.4) is 0 Å². The molecular formula is C19H20N2O3S. The molecule has 0 atom stereocenters. The lowest BCUT2D eigenvalue weighted by Gasteiger charge is -2.17. The summed E-state index contributed by atoms with van der Waals surface area (Å²) >= 11 is 1.59. The molecule has 25 heavy (non-hydrogen) atoms. The van der Waals surface area contributed by atoms with Crippen molar-refractivity contribution >= 4 is 28.5 Å². The number of ether oxygens (including phenoxy) is 2. The Bertz CT molecular complexity index is 798. The lowest BCUT2D eigenvalue weighted by atomic mass is 10.1. The van der Waals surface area contributed by atoms with E-state index in [0.29, 0.717) is 23.6 Å². The zero-order valence-corrected chi connectivity index (χ0v) is 15.3. The number of thioether (sulfide) groups is 1. The van der Waals surface area contributed by atoms with E-state index in [-0.39, 0.29) is 5.91 Å². The monoisotopic (exact) mass is 356 g/mol. The van der Waals surface area contributed by atoms with Crippen LogP contribution in [0, 0.1) is 6.92 Å². The van der Waals surface area contributed by atoms with Gasteiger partial charge in [0, 0.05) is 23.9 Å². The van der Waals surface area contributed by atoms with Crippen LogP contribution in [0.2, 0.25) is 0 Å². The molecule has 130 valence electrons. The van der Waals surface area contributed by atoms with Crippen LogP contribution in [0.1, 0.15) is 15.9 Å². The Morgan fingerprint density at radius 3 is 2.44 bits per heavy atom. The molecule has 5 nitrogen and oxygen atoms in total. The van der Waals surface area contributed by atoms with Gasteiger partial charge in [-0.15, -0.1) is 0 Å². The number of rotatable bonds is 4. The number of hydrogen-bond acceptors (Lipinski definition) is 5. The number of carbonyl (C=O) groups excluding carboxylic acids is 1. The number of para-hydroxylation sites is 1. The van der Waals surface area contributed by atoms with Crippen molar-refractivity contribution in [3.63, 3.8) is 0 Å². The van der Waals surface area contributed by atoms with Gasteiger partial charge < -0.3 is 9.47 Å². The third-order valence-electron chi connectivity index (χ3n) is 3.95. The lowest BCUT2D eigenvalue weighted by molar-refractivity contribution is 0.0858. The predicted molar refractivity (Wildman–Crippen MR) is 101 cm³/mol. The molecule has 2 aromatic rings. The van der Waals surface area contributed by atoms with E-state index in [2.05, 4.69) is 0 Å². The van der Waals surface area contributed by atoms with Crippen LogP contribution in [-0.4, -0.2) is 42.5 Å². The lowest BCUT2D eigenvalue weighted by Crippen LogP contribution is -2.31. The molecule has 0 aromatic heterocycles. The molecule has 0 radical (unpaired) electrons. The molecule has 1 heterocycles. The van der Waals surface area contributed by atoms with Crippen LogP contribution in [-0.2, 0) is 0 Å². The molecule has 0 saturated carbocycles. The van der Waals surface area contributed by atoms with Gasteiger partial charge in [-0.25, -0.2) is 4.99 Å². The van der Waals surface area contributed by atoms with Crippen LogP contribution in [0.15, 0.2) is 47.5 Å². The summed E-state index contributed by atoms with van der Waals surface area (Å²) in [6, 6.07) is 13.1. The largest absolute Gasteiger partial charge is 0.497 e. The second-order valence-corrected chi connectivity index (χ2v) is 6.65. The Hall–Kier alpha value is -2.47. The molecule has 1 saturated heterocycles. The Morgan fingerprint density at radius 1 is 1.12 bits per heavy atom. The zero-order valence-electron chi connectivity index (χ0n) is 14.5. The summed E-state index contributed by atoms with van der Waals surface area (Å²) in [5, 5.41) is 0.723. The highest BCUT2D eigenvalue weighted by Gasteiger charge is 2.27.